The molecule has 0 amide bonds. The predicted octanol–water partition coefficient (Wildman–Crippen LogP) is 1.78. The number of nitro groups is 1. The summed E-state index contributed by atoms with van der Waals surface area (Å²) in [5.74, 6) is 0. The van der Waals surface area contributed by atoms with Gasteiger partial charge < -0.3 is 15.1 Å². The number of piperazine rings is 1. The maximum atomic E-state index is 11.1. The van der Waals surface area contributed by atoms with E-state index in [0.717, 1.165) is 38.4 Å². The maximum absolute atomic E-state index is 11.1. The van der Waals surface area contributed by atoms with E-state index in [1.54, 1.807) is 19.2 Å². The van der Waals surface area contributed by atoms with Gasteiger partial charge in [-0.2, -0.15) is 0 Å². The topological polar surface area (TPSA) is 61.6 Å². The van der Waals surface area contributed by atoms with Crippen molar-refractivity contribution in [3.05, 3.63) is 28.3 Å². The summed E-state index contributed by atoms with van der Waals surface area (Å²) in [6, 6.07) is 5.38. The Kier molecular flexibility index (Phi) is 4.21. The minimum Gasteiger partial charge on any atom is -0.383 e. The minimum absolute atomic E-state index is 0.137. The third kappa shape index (κ3) is 2.96. The van der Waals surface area contributed by atoms with Crippen LogP contribution in [-0.2, 0) is 0 Å². The Balaban J connectivity index is 2.17. The molecular weight excluding hydrogens is 244 g/mol. The molecule has 0 spiro atoms. The second kappa shape index (κ2) is 5.88. The molecule has 104 valence electrons. The van der Waals surface area contributed by atoms with E-state index >= 15 is 0 Å². The summed E-state index contributed by atoms with van der Waals surface area (Å²) in [4.78, 5) is 15.3. The van der Waals surface area contributed by atoms with Gasteiger partial charge in [-0.1, -0.05) is 6.92 Å². The summed E-state index contributed by atoms with van der Waals surface area (Å²) in [5.41, 5.74) is 1.63. The molecule has 0 atom stereocenters. The quantitative estimate of drug-likeness (QED) is 0.663. The van der Waals surface area contributed by atoms with Crippen LogP contribution in [0.3, 0.4) is 0 Å². The first kappa shape index (κ1) is 13.6. The van der Waals surface area contributed by atoms with Crippen LogP contribution in [0.4, 0.5) is 17.1 Å². The van der Waals surface area contributed by atoms with Crippen LogP contribution in [0, 0.1) is 10.1 Å². The zero-order valence-corrected chi connectivity index (χ0v) is 11.4. The predicted molar refractivity (Wildman–Crippen MR) is 77.0 cm³/mol. The molecule has 0 unspecified atom stereocenters. The highest BCUT2D eigenvalue weighted by Crippen LogP contribution is 2.29. The van der Waals surface area contributed by atoms with Crippen molar-refractivity contribution in [3.8, 4) is 0 Å². The van der Waals surface area contributed by atoms with Gasteiger partial charge in [0.05, 0.1) is 4.92 Å². The van der Waals surface area contributed by atoms with Crippen molar-refractivity contribution in [2.45, 2.75) is 6.92 Å². The number of nitro benzene ring substituents is 1. The number of hydrogen-bond acceptors (Lipinski definition) is 5. The Bertz CT molecular complexity index is 456. The van der Waals surface area contributed by atoms with E-state index in [2.05, 4.69) is 22.0 Å². The van der Waals surface area contributed by atoms with Crippen LogP contribution in [0.5, 0.6) is 0 Å². The Morgan fingerprint density at radius 1 is 1.32 bits per heavy atom. The van der Waals surface area contributed by atoms with Crippen molar-refractivity contribution in [2.75, 3.05) is 50.0 Å². The molecule has 0 aliphatic carbocycles. The zero-order valence-electron chi connectivity index (χ0n) is 11.4. The monoisotopic (exact) mass is 264 g/mol. The van der Waals surface area contributed by atoms with E-state index in [1.807, 2.05) is 6.07 Å². The first-order valence-electron chi connectivity index (χ1n) is 6.59. The van der Waals surface area contributed by atoms with E-state index in [9.17, 15) is 10.1 Å². The van der Waals surface area contributed by atoms with Gasteiger partial charge in [-0.25, -0.2) is 0 Å². The van der Waals surface area contributed by atoms with E-state index < -0.39 is 0 Å². The van der Waals surface area contributed by atoms with Crippen molar-refractivity contribution in [3.63, 3.8) is 0 Å². The lowest BCUT2D eigenvalue weighted by Gasteiger charge is -2.35. The van der Waals surface area contributed by atoms with Crippen molar-refractivity contribution < 1.29 is 4.92 Å². The van der Waals surface area contributed by atoms with Crippen LogP contribution in [-0.4, -0.2) is 49.6 Å². The molecule has 0 aromatic heterocycles. The summed E-state index contributed by atoms with van der Waals surface area (Å²) in [5, 5.41) is 13.9. The fourth-order valence-electron chi connectivity index (χ4n) is 2.40. The third-order valence-electron chi connectivity index (χ3n) is 3.63. The summed E-state index contributed by atoms with van der Waals surface area (Å²) in [7, 11) is 1.70. The van der Waals surface area contributed by atoms with Gasteiger partial charge in [-0.15, -0.1) is 0 Å². The van der Waals surface area contributed by atoms with E-state index in [4.69, 9.17) is 0 Å². The van der Waals surface area contributed by atoms with Crippen molar-refractivity contribution in [2.24, 2.45) is 0 Å². The average Bonchev–Trinajstić information content (AvgIpc) is 2.46. The molecule has 1 aliphatic heterocycles. The Morgan fingerprint density at radius 3 is 2.53 bits per heavy atom. The molecule has 19 heavy (non-hydrogen) atoms. The van der Waals surface area contributed by atoms with Gasteiger partial charge in [0.25, 0.3) is 5.69 Å². The minimum atomic E-state index is -0.336. The van der Waals surface area contributed by atoms with Crippen LogP contribution in [0.25, 0.3) is 0 Å². The van der Waals surface area contributed by atoms with Crippen LogP contribution in [0.1, 0.15) is 6.92 Å². The zero-order chi connectivity index (χ0) is 13.8. The highest BCUT2D eigenvalue weighted by molar-refractivity contribution is 5.68. The molecule has 1 N–H and O–H groups in total. The fraction of sp³-hybridized carbons (Fsp3) is 0.538. The summed E-state index contributed by atoms with van der Waals surface area (Å²) in [6.45, 7) is 7.08. The Morgan fingerprint density at radius 2 is 2.00 bits per heavy atom. The summed E-state index contributed by atoms with van der Waals surface area (Å²) >= 11 is 0. The van der Waals surface area contributed by atoms with Gasteiger partial charge in [-0.3, -0.25) is 10.1 Å². The number of rotatable bonds is 4. The molecule has 1 heterocycles. The lowest BCUT2D eigenvalue weighted by atomic mass is 10.2. The SMILES string of the molecule is CCN1CCN(c2ccc(NC)c([N+](=O)[O-])c2)CC1. The molecule has 1 saturated heterocycles. The molecule has 1 fully saturated rings. The smallest absolute Gasteiger partial charge is 0.294 e. The lowest BCUT2D eigenvalue weighted by molar-refractivity contribution is -0.383. The second-order valence-electron chi connectivity index (χ2n) is 4.63. The Labute approximate surface area is 113 Å². The standard InChI is InChI=1S/C13H20N4O2/c1-3-15-6-8-16(9-7-15)11-4-5-12(14-2)13(10-11)17(18)19/h4-5,10,14H,3,6-9H2,1-2H3. The Hall–Kier alpha value is -1.82. The molecular formula is C13H20N4O2. The molecule has 6 heteroatoms. The van der Waals surface area contributed by atoms with E-state index in [0.29, 0.717) is 5.69 Å². The van der Waals surface area contributed by atoms with Gasteiger partial charge in [0, 0.05) is 45.0 Å². The number of benzene rings is 1. The molecule has 1 aromatic rings. The van der Waals surface area contributed by atoms with Crippen molar-refractivity contribution in [1.29, 1.82) is 0 Å². The molecule has 2 rings (SSSR count). The van der Waals surface area contributed by atoms with Crippen LogP contribution < -0.4 is 10.2 Å². The van der Waals surface area contributed by atoms with Crippen LogP contribution in [0.15, 0.2) is 18.2 Å². The van der Waals surface area contributed by atoms with Crippen LogP contribution in [0.2, 0.25) is 0 Å². The average molecular weight is 264 g/mol. The van der Waals surface area contributed by atoms with Gasteiger partial charge in [-0.05, 0) is 18.7 Å². The highest BCUT2D eigenvalue weighted by atomic mass is 16.6. The molecule has 0 bridgehead atoms. The molecule has 1 aromatic carbocycles. The first-order chi connectivity index (χ1) is 9.15. The summed E-state index contributed by atoms with van der Waals surface area (Å²) < 4.78 is 0. The molecule has 0 saturated carbocycles. The third-order valence-corrected chi connectivity index (χ3v) is 3.63. The number of nitrogens with zero attached hydrogens (tertiary/aromatic N) is 3. The number of hydrogen-bond donors (Lipinski definition) is 1. The second-order valence-corrected chi connectivity index (χ2v) is 4.63. The lowest BCUT2D eigenvalue weighted by Crippen LogP contribution is -2.46. The largest absolute Gasteiger partial charge is 0.383 e. The highest BCUT2D eigenvalue weighted by Gasteiger charge is 2.19. The van der Waals surface area contributed by atoms with E-state index in [1.165, 1.54) is 0 Å². The fourth-order valence-corrected chi connectivity index (χ4v) is 2.40. The van der Waals surface area contributed by atoms with Crippen molar-refractivity contribution >= 4 is 17.1 Å². The van der Waals surface area contributed by atoms with Gasteiger partial charge in [0.1, 0.15) is 5.69 Å². The first-order valence-corrected chi connectivity index (χ1v) is 6.59. The van der Waals surface area contributed by atoms with Gasteiger partial charge >= 0.3 is 0 Å². The normalized spacial score (nSPS) is 16.4. The van der Waals surface area contributed by atoms with Gasteiger partial charge in [0.15, 0.2) is 0 Å². The van der Waals surface area contributed by atoms with Crippen LogP contribution >= 0.6 is 0 Å². The molecule has 0 radical (unpaired) electrons. The van der Waals surface area contributed by atoms with Gasteiger partial charge in [0.2, 0.25) is 0 Å². The maximum Gasteiger partial charge on any atom is 0.294 e. The number of likely N-dealkylation sites (N-methyl/N-ethyl adjacent to an activating group) is 1. The van der Waals surface area contributed by atoms with Crippen molar-refractivity contribution in [1.82, 2.24) is 4.90 Å². The number of anilines is 2. The molecule has 1 aliphatic rings. The number of nitrogens with one attached hydrogen (secondary N) is 1. The van der Waals surface area contributed by atoms with E-state index in [-0.39, 0.29) is 10.6 Å². The summed E-state index contributed by atoms with van der Waals surface area (Å²) in [6.07, 6.45) is 0. The molecule has 6 nitrogen and oxygen atoms in total.